The molecule has 2 saturated heterocycles. The largest absolute Gasteiger partial charge is 0.394 e. The number of aliphatic hydroxyl groups is 1. The van der Waals surface area contributed by atoms with Crippen molar-refractivity contribution in [1.82, 2.24) is 15.0 Å². The van der Waals surface area contributed by atoms with E-state index in [1.165, 1.54) is 18.3 Å². The van der Waals surface area contributed by atoms with Crippen LogP contribution in [-0.2, 0) is 0 Å². The number of amides is 1. The summed E-state index contributed by atoms with van der Waals surface area (Å²) in [6.45, 7) is 2.08. The summed E-state index contributed by atoms with van der Waals surface area (Å²) < 4.78 is 28.8. The number of nitrogens with one attached hydrogen (secondary N) is 1. The van der Waals surface area contributed by atoms with Crippen molar-refractivity contribution in [2.45, 2.75) is 31.3 Å². The van der Waals surface area contributed by atoms with E-state index in [0.29, 0.717) is 35.5 Å². The molecule has 2 fully saturated rings. The van der Waals surface area contributed by atoms with Gasteiger partial charge in [0.05, 0.1) is 35.2 Å². The molecule has 2 aromatic heterocycles. The van der Waals surface area contributed by atoms with Gasteiger partial charge in [-0.25, -0.2) is 23.7 Å². The SMILES string of the molecule is N#Cc1cnc(N2CCCC2)cc1-c1ccc(NC(=O)c2ccnc(-c3c(F)cccc3F)n2)c(N2C[C@@H](N)CC2CO)c1. The average molecular weight is 597 g/mol. The minimum atomic E-state index is -0.846. The average Bonchev–Trinajstić information content (AvgIpc) is 3.71. The first-order valence-corrected chi connectivity index (χ1v) is 14.4. The Bertz CT molecular complexity index is 1730. The fourth-order valence-electron chi connectivity index (χ4n) is 5.86. The summed E-state index contributed by atoms with van der Waals surface area (Å²) in [6.07, 6.45) is 5.55. The van der Waals surface area contributed by atoms with Gasteiger partial charge in [-0.1, -0.05) is 12.1 Å². The third-order valence-corrected chi connectivity index (χ3v) is 8.04. The molecule has 12 heteroatoms. The third-order valence-electron chi connectivity index (χ3n) is 8.04. The van der Waals surface area contributed by atoms with Crippen molar-refractivity contribution in [2.75, 3.05) is 41.4 Å². The predicted octanol–water partition coefficient (Wildman–Crippen LogP) is 4.11. The molecule has 0 spiro atoms. The van der Waals surface area contributed by atoms with E-state index in [4.69, 9.17) is 5.73 Å². The number of hydrogen-bond acceptors (Lipinski definition) is 9. The van der Waals surface area contributed by atoms with Crippen LogP contribution >= 0.6 is 0 Å². The van der Waals surface area contributed by atoms with Crippen molar-refractivity contribution in [2.24, 2.45) is 5.73 Å². The third kappa shape index (κ3) is 5.67. The molecule has 1 amide bonds. The summed E-state index contributed by atoms with van der Waals surface area (Å²) in [7, 11) is 0. The number of benzene rings is 2. The zero-order valence-corrected chi connectivity index (χ0v) is 23.7. The van der Waals surface area contributed by atoms with Gasteiger partial charge in [0.2, 0.25) is 0 Å². The van der Waals surface area contributed by atoms with E-state index in [9.17, 15) is 23.9 Å². The molecule has 0 radical (unpaired) electrons. The summed E-state index contributed by atoms with van der Waals surface area (Å²) >= 11 is 0. The Morgan fingerprint density at radius 2 is 1.89 bits per heavy atom. The molecule has 0 saturated carbocycles. The molecule has 0 aliphatic carbocycles. The van der Waals surface area contributed by atoms with Gasteiger partial charge < -0.3 is 26.0 Å². The van der Waals surface area contributed by atoms with E-state index < -0.39 is 23.1 Å². The monoisotopic (exact) mass is 596 g/mol. The van der Waals surface area contributed by atoms with Crippen molar-refractivity contribution < 1.29 is 18.7 Å². The first-order valence-electron chi connectivity index (χ1n) is 14.4. The van der Waals surface area contributed by atoms with Crippen LogP contribution in [0, 0.1) is 23.0 Å². The minimum Gasteiger partial charge on any atom is -0.394 e. The Labute approximate surface area is 252 Å². The molecule has 2 aliphatic rings. The number of aliphatic hydroxyl groups excluding tert-OH is 1. The second-order valence-corrected chi connectivity index (χ2v) is 10.9. The van der Waals surface area contributed by atoms with Crippen LogP contribution in [0.25, 0.3) is 22.5 Å². The first-order chi connectivity index (χ1) is 21.4. The Morgan fingerprint density at radius 1 is 1.11 bits per heavy atom. The number of anilines is 3. The Morgan fingerprint density at radius 3 is 2.61 bits per heavy atom. The molecule has 2 aromatic carbocycles. The fourth-order valence-corrected chi connectivity index (χ4v) is 5.86. The van der Waals surface area contributed by atoms with Gasteiger partial charge in [0.25, 0.3) is 5.91 Å². The van der Waals surface area contributed by atoms with Crippen LogP contribution in [0.15, 0.2) is 60.9 Å². The highest BCUT2D eigenvalue weighted by molar-refractivity contribution is 6.05. The molecular formula is C32H30F2N8O2. The lowest BCUT2D eigenvalue weighted by Gasteiger charge is -2.28. The maximum atomic E-state index is 14.4. The summed E-state index contributed by atoms with van der Waals surface area (Å²) in [4.78, 5) is 30.2. The van der Waals surface area contributed by atoms with Crippen LogP contribution < -0.4 is 20.9 Å². The zero-order valence-electron chi connectivity index (χ0n) is 23.7. The molecule has 2 atom stereocenters. The molecule has 44 heavy (non-hydrogen) atoms. The molecule has 4 heterocycles. The van der Waals surface area contributed by atoms with Crippen LogP contribution in [0.2, 0.25) is 0 Å². The normalized spacial score (nSPS) is 18.0. The molecule has 4 aromatic rings. The number of nitrogens with zero attached hydrogens (tertiary/aromatic N) is 6. The number of nitrogens with two attached hydrogens (primary N) is 1. The topological polar surface area (TPSA) is 144 Å². The highest BCUT2D eigenvalue weighted by Crippen LogP contribution is 2.38. The minimum absolute atomic E-state index is 0.0966. The summed E-state index contributed by atoms with van der Waals surface area (Å²) in [5, 5.41) is 22.9. The van der Waals surface area contributed by atoms with E-state index in [2.05, 4.69) is 31.2 Å². The highest BCUT2D eigenvalue weighted by atomic mass is 19.1. The van der Waals surface area contributed by atoms with Gasteiger partial charge in [-0.15, -0.1) is 0 Å². The number of carbonyl (C=O) groups excluding carboxylic acids is 1. The van der Waals surface area contributed by atoms with Crippen molar-refractivity contribution in [3.63, 3.8) is 0 Å². The number of halogens is 2. The maximum absolute atomic E-state index is 14.4. The van der Waals surface area contributed by atoms with Gasteiger partial charge in [0.15, 0.2) is 5.82 Å². The lowest BCUT2D eigenvalue weighted by Crippen LogP contribution is -2.33. The second-order valence-electron chi connectivity index (χ2n) is 10.9. The van der Waals surface area contributed by atoms with Gasteiger partial charge >= 0.3 is 0 Å². The Hall–Kier alpha value is -4.99. The molecule has 224 valence electrons. The molecule has 0 bridgehead atoms. The van der Waals surface area contributed by atoms with E-state index in [0.717, 1.165) is 49.4 Å². The summed E-state index contributed by atoms with van der Waals surface area (Å²) in [5.74, 6) is -1.78. The van der Waals surface area contributed by atoms with Crippen LogP contribution in [0.4, 0.5) is 26.0 Å². The van der Waals surface area contributed by atoms with Crippen LogP contribution in [-0.4, -0.2) is 64.3 Å². The number of pyridine rings is 1. The lowest BCUT2D eigenvalue weighted by molar-refractivity contribution is 0.102. The smallest absolute Gasteiger partial charge is 0.274 e. The van der Waals surface area contributed by atoms with Crippen LogP contribution in [0.5, 0.6) is 0 Å². The molecule has 4 N–H and O–H groups in total. The fraction of sp³-hybridized carbons (Fsp3) is 0.281. The van der Waals surface area contributed by atoms with Gasteiger partial charge in [-0.2, -0.15) is 5.26 Å². The van der Waals surface area contributed by atoms with Gasteiger partial charge in [0, 0.05) is 43.6 Å². The molecule has 1 unspecified atom stereocenters. The van der Waals surface area contributed by atoms with Gasteiger partial charge in [0.1, 0.15) is 29.2 Å². The van der Waals surface area contributed by atoms with Crippen LogP contribution in [0.1, 0.15) is 35.3 Å². The number of hydrogen-bond donors (Lipinski definition) is 3. The van der Waals surface area contributed by atoms with Crippen molar-refractivity contribution in [3.05, 3.63) is 83.8 Å². The van der Waals surface area contributed by atoms with Crippen LogP contribution in [0.3, 0.4) is 0 Å². The molecule has 2 aliphatic heterocycles. The Kier molecular flexibility index (Phi) is 8.15. The van der Waals surface area contributed by atoms with E-state index in [-0.39, 0.29) is 30.2 Å². The van der Waals surface area contributed by atoms with Crippen molar-refractivity contribution in [3.8, 4) is 28.6 Å². The van der Waals surface area contributed by atoms with Gasteiger partial charge in [-0.05, 0) is 61.2 Å². The summed E-state index contributed by atoms with van der Waals surface area (Å²) in [5.41, 5.74) is 8.59. The van der Waals surface area contributed by atoms with E-state index in [1.807, 2.05) is 17.0 Å². The number of nitriles is 1. The van der Waals surface area contributed by atoms with Gasteiger partial charge in [-0.3, -0.25) is 4.79 Å². The molecule has 6 rings (SSSR count). The number of aromatic nitrogens is 3. The van der Waals surface area contributed by atoms with Crippen molar-refractivity contribution >= 4 is 23.1 Å². The molecular weight excluding hydrogens is 566 g/mol. The highest BCUT2D eigenvalue weighted by Gasteiger charge is 2.32. The zero-order chi connectivity index (χ0) is 30.8. The lowest BCUT2D eigenvalue weighted by atomic mass is 10.00. The maximum Gasteiger partial charge on any atom is 0.274 e. The van der Waals surface area contributed by atoms with Crippen molar-refractivity contribution in [1.29, 1.82) is 5.26 Å². The first kappa shape index (κ1) is 29.1. The standard InChI is InChI=1S/C32H30F2N8O2/c33-24-4-3-5-25(34)30(24)31-37-9-8-27(39-31)32(44)40-26-7-6-19(12-28(26)42-17-21(36)13-22(42)18-43)23-14-29(38-16-20(23)15-35)41-10-1-2-11-41/h3-9,12,14,16,21-22,43H,1-2,10-11,13,17-18,36H2,(H,40,44)/t21-,22?/m0/s1. The second kappa shape index (κ2) is 12.3. The van der Waals surface area contributed by atoms with E-state index in [1.54, 1.807) is 18.3 Å². The number of rotatable bonds is 7. The predicted molar refractivity (Wildman–Crippen MR) is 162 cm³/mol. The Balaban J connectivity index is 1.38. The quantitative estimate of drug-likeness (QED) is 0.287. The summed E-state index contributed by atoms with van der Waals surface area (Å²) in [6, 6.07) is 13.8. The number of carbonyl (C=O) groups is 1. The molecule has 10 nitrogen and oxygen atoms in total. The van der Waals surface area contributed by atoms with E-state index >= 15 is 0 Å².